The van der Waals surface area contributed by atoms with Gasteiger partial charge in [0.05, 0.1) is 11.2 Å². The van der Waals surface area contributed by atoms with Gasteiger partial charge in [0.2, 0.25) is 0 Å². The van der Waals surface area contributed by atoms with Gasteiger partial charge in [0.1, 0.15) is 5.69 Å². The van der Waals surface area contributed by atoms with Crippen LogP contribution < -0.4 is 5.32 Å². The normalized spacial score (nSPS) is 11.1. The molecule has 0 unspecified atom stereocenters. The number of imidazole rings is 1. The Kier molecular flexibility index (Phi) is 2.90. The Morgan fingerprint density at radius 2 is 2.09 bits per heavy atom. The summed E-state index contributed by atoms with van der Waals surface area (Å²) < 4.78 is 1.87. The Morgan fingerprint density at radius 1 is 1.23 bits per heavy atom. The molecule has 0 saturated carbocycles. The predicted octanol–water partition coefficient (Wildman–Crippen LogP) is 3.50. The lowest BCUT2D eigenvalue weighted by molar-refractivity contribution is 0.102. The number of amides is 1. The number of para-hydroxylation sites is 1. The number of nitrogens with zero attached hydrogens (tertiary/aromatic N) is 3. The van der Waals surface area contributed by atoms with Gasteiger partial charge >= 0.3 is 0 Å². The minimum Gasteiger partial charge on any atom is -0.319 e. The van der Waals surface area contributed by atoms with E-state index in [2.05, 4.69) is 15.3 Å². The highest BCUT2D eigenvalue weighted by atomic mass is 32.1. The molecule has 3 heterocycles. The van der Waals surface area contributed by atoms with Crippen LogP contribution in [0.15, 0.2) is 48.9 Å². The topological polar surface area (TPSA) is 59.3 Å². The number of aromatic nitrogens is 3. The molecule has 0 atom stereocenters. The highest BCUT2D eigenvalue weighted by Gasteiger charge is 2.13. The van der Waals surface area contributed by atoms with Crippen molar-refractivity contribution in [3.05, 3.63) is 59.5 Å². The van der Waals surface area contributed by atoms with E-state index < -0.39 is 0 Å². The summed E-state index contributed by atoms with van der Waals surface area (Å²) in [5.41, 5.74) is 1.87. The SMILES string of the molecule is Cc1cn2cc(C(=O)Nc3cccc4cccnc34)nc2s1. The minimum atomic E-state index is -0.230. The zero-order chi connectivity index (χ0) is 15.1. The highest BCUT2D eigenvalue weighted by molar-refractivity contribution is 7.17. The molecule has 0 saturated heterocycles. The molecule has 0 aliphatic carbocycles. The van der Waals surface area contributed by atoms with Crippen LogP contribution in [-0.4, -0.2) is 20.3 Å². The van der Waals surface area contributed by atoms with Gasteiger partial charge in [-0.05, 0) is 19.1 Å². The number of benzene rings is 1. The second-order valence-electron chi connectivity index (χ2n) is 4.99. The fourth-order valence-corrected chi connectivity index (χ4v) is 3.22. The minimum absolute atomic E-state index is 0.230. The first kappa shape index (κ1) is 13.0. The van der Waals surface area contributed by atoms with Gasteiger partial charge in [0, 0.05) is 28.9 Å². The summed E-state index contributed by atoms with van der Waals surface area (Å²) in [4.78, 5) is 23.1. The molecule has 1 N–H and O–H groups in total. The van der Waals surface area contributed by atoms with Crippen molar-refractivity contribution in [3.63, 3.8) is 0 Å². The average molecular weight is 308 g/mol. The van der Waals surface area contributed by atoms with Crippen molar-refractivity contribution in [2.24, 2.45) is 0 Å². The molecule has 108 valence electrons. The number of carbonyl (C=O) groups excluding carboxylic acids is 1. The number of aryl methyl sites for hydroxylation is 1. The Balaban J connectivity index is 1.69. The molecule has 1 aromatic carbocycles. The van der Waals surface area contributed by atoms with E-state index in [1.54, 1.807) is 23.7 Å². The number of carbonyl (C=O) groups is 1. The van der Waals surface area contributed by atoms with E-state index in [1.807, 2.05) is 47.9 Å². The molecule has 0 aliphatic rings. The maximum Gasteiger partial charge on any atom is 0.275 e. The molecule has 0 fully saturated rings. The van der Waals surface area contributed by atoms with Crippen LogP contribution in [0.2, 0.25) is 0 Å². The van der Waals surface area contributed by atoms with E-state index in [0.717, 1.165) is 20.7 Å². The summed E-state index contributed by atoms with van der Waals surface area (Å²) in [7, 11) is 0. The van der Waals surface area contributed by atoms with Crippen molar-refractivity contribution < 1.29 is 4.79 Å². The van der Waals surface area contributed by atoms with Crippen LogP contribution in [0.4, 0.5) is 5.69 Å². The van der Waals surface area contributed by atoms with Crippen LogP contribution in [0.25, 0.3) is 15.9 Å². The fourth-order valence-electron chi connectivity index (χ4n) is 2.41. The van der Waals surface area contributed by atoms with Gasteiger partial charge in [-0.2, -0.15) is 0 Å². The maximum atomic E-state index is 12.4. The third-order valence-corrected chi connectivity index (χ3v) is 4.30. The van der Waals surface area contributed by atoms with Gasteiger partial charge in [-0.15, -0.1) is 11.3 Å². The van der Waals surface area contributed by atoms with E-state index in [1.165, 1.54) is 0 Å². The molecule has 3 aromatic heterocycles. The summed E-state index contributed by atoms with van der Waals surface area (Å²) in [5.74, 6) is -0.230. The lowest BCUT2D eigenvalue weighted by Crippen LogP contribution is -2.12. The lowest BCUT2D eigenvalue weighted by Gasteiger charge is -2.06. The number of nitrogens with one attached hydrogen (secondary N) is 1. The third-order valence-electron chi connectivity index (χ3n) is 3.39. The maximum absolute atomic E-state index is 12.4. The number of rotatable bonds is 2. The summed E-state index contributed by atoms with van der Waals surface area (Å²) in [5, 5.41) is 3.88. The number of pyridine rings is 1. The highest BCUT2D eigenvalue weighted by Crippen LogP contribution is 2.22. The van der Waals surface area contributed by atoms with Crippen LogP contribution in [0, 0.1) is 6.92 Å². The van der Waals surface area contributed by atoms with E-state index in [-0.39, 0.29) is 5.91 Å². The van der Waals surface area contributed by atoms with Crippen molar-refractivity contribution >= 4 is 38.8 Å². The predicted molar refractivity (Wildman–Crippen MR) is 87.5 cm³/mol. The number of fused-ring (bicyclic) bond motifs is 2. The first-order valence-electron chi connectivity index (χ1n) is 6.81. The molecule has 0 bridgehead atoms. The largest absolute Gasteiger partial charge is 0.319 e. The van der Waals surface area contributed by atoms with Gasteiger partial charge in [-0.3, -0.25) is 14.2 Å². The third kappa shape index (κ3) is 2.14. The second kappa shape index (κ2) is 4.92. The van der Waals surface area contributed by atoms with Crippen LogP contribution in [0.5, 0.6) is 0 Å². The molecule has 0 radical (unpaired) electrons. The quantitative estimate of drug-likeness (QED) is 0.616. The van der Waals surface area contributed by atoms with Crippen LogP contribution in [0.3, 0.4) is 0 Å². The molecule has 6 heteroatoms. The Bertz CT molecular complexity index is 965. The van der Waals surface area contributed by atoms with E-state index in [0.29, 0.717) is 11.4 Å². The molecular weight excluding hydrogens is 296 g/mol. The summed E-state index contributed by atoms with van der Waals surface area (Å²) in [6.07, 6.45) is 5.42. The number of hydrogen-bond donors (Lipinski definition) is 1. The monoisotopic (exact) mass is 308 g/mol. The number of anilines is 1. The molecule has 22 heavy (non-hydrogen) atoms. The zero-order valence-corrected chi connectivity index (χ0v) is 12.6. The van der Waals surface area contributed by atoms with Crippen molar-refractivity contribution in [2.75, 3.05) is 5.32 Å². The number of hydrogen-bond acceptors (Lipinski definition) is 4. The molecule has 5 nitrogen and oxygen atoms in total. The Labute approximate surface area is 130 Å². The first-order chi connectivity index (χ1) is 10.7. The van der Waals surface area contributed by atoms with Crippen molar-refractivity contribution in [1.82, 2.24) is 14.4 Å². The smallest absolute Gasteiger partial charge is 0.275 e. The second-order valence-corrected chi connectivity index (χ2v) is 6.21. The number of thiazole rings is 1. The van der Waals surface area contributed by atoms with E-state index >= 15 is 0 Å². The van der Waals surface area contributed by atoms with Crippen molar-refractivity contribution in [1.29, 1.82) is 0 Å². The van der Waals surface area contributed by atoms with E-state index in [4.69, 9.17) is 0 Å². The first-order valence-corrected chi connectivity index (χ1v) is 7.62. The van der Waals surface area contributed by atoms with Crippen LogP contribution >= 0.6 is 11.3 Å². The van der Waals surface area contributed by atoms with Gasteiger partial charge in [0.25, 0.3) is 5.91 Å². The average Bonchev–Trinajstić information content (AvgIpc) is 3.05. The molecule has 0 spiro atoms. The lowest BCUT2D eigenvalue weighted by atomic mass is 10.2. The molecule has 4 aromatic rings. The van der Waals surface area contributed by atoms with Gasteiger partial charge in [-0.25, -0.2) is 4.98 Å². The Morgan fingerprint density at radius 3 is 2.95 bits per heavy atom. The van der Waals surface area contributed by atoms with Crippen LogP contribution in [-0.2, 0) is 0 Å². The molecule has 0 aliphatic heterocycles. The van der Waals surface area contributed by atoms with E-state index in [9.17, 15) is 4.79 Å². The summed E-state index contributed by atoms with van der Waals surface area (Å²) in [6, 6.07) is 9.55. The summed E-state index contributed by atoms with van der Waals surface area (Å²) >= 11 is 1.56. The van der Waals surface area contributed by atoms with Crippen molar-refractivity contribution in [2.45, 2.75) is 6.92 Å². The van der Waals surface area contributed by atoms with Gasteiger partial charge < -0.3 is 5.32 Å². The fraction of sp³-hybridized carbons (Fsp3) is 0.0625. The van der Waals surface area contributed by atoms with Crippen LogP contribution in [0.1, 0.15) is 15.4 Å². The molecular formula is C16H12N4OS. The standard InChI is InChI=1S/C16H12N4OS/c1-10-8-20-9-13(19-16(20)22-10)15(21)18-12-6-2-4-11-5-3-7-17-14(11)12/h2-9H,1H3,(H,18,21). The Hall–Kier alpha value is -2.73. The summed E-state index contributed by atoms with van der Waals surface area (Å²) in [6.45, 7) is 2.01. The van der Waals surface area contributed by atoms with Gasteiger partial charge in [0.15, 0.2) is 4.96 Å². The molecule has 1 amide bonds. The zero-order valence-electron chi connectivity index (χ0n) is 11.8. The molecule has 4 rings (SSSR count). The van der Waals surface area contributed by atoms with Crippen molar-refractivity contribution in [3.8, 4) is 0 Å². The van der Waals surface area contributed by atoms with Gasteiger partial charge in [-0.1, -0.05) is 18.2 Å².